The molecule has 0 aliphatic carbocycles. The van der Waals surface area contributed by atoms with Gasteiger partial charge in [-0.2, -0.15) is 0 Å². The van der Waals surface area contributed by atoms with E-state index in [2.05, 4.69) is 20.3 Å². The molecule has 0 spiro atoms. The number of rotatable bonds is 3. The molecule has 1 aromatic carbocycles. The van der Waals surface area contributed by atoms with Gasteiger partial charge < -0.3 is 10.5 Å². The summed E-state index contributed by atoms with van der Waals surface area (Å²) in [7, 11) is 1.58. The molecule has 3 aromatic rings. The van der Waals surface area contributed by atoms with E-state index in [1.807, 2.05) is 18.2 Å². The summed E-state index contributed by atoms with van der Waals surface area (Å²) in [6.45, 7) is 0. The monoisotopic (exact) mass is 301 g/mol. The fourth-order valence-electron chi connectivity index (χ4n) is 1.82. The van der Waals surface area contributed by atoms with Gasteiger partial charge in [-0.3, -0.25) is 10.1 Å². The Kier molecular flexibility index (Phi) is 3.36. The Morgan fingerprint density at radius 1 is 1.33 bits per heavy atom. The molecule has 106 valence electrons. The smallest absolute Gasteiger partial charge is 0.279 e. The van der Waals surface area contributed by atoms with Gasteiger partial charge in [-0.05, 0) is 12.1 Å². The van der Waals surface area contributed by atoms with Crippen molar-refractivity contribution < 1.29 is 9.53 Å². The summed E-state index contributed by atoms with van der Waals surface area (Å²) < 4.78 is 6.15. The van der Waals surface area contributed by atoms with Gasteiger partial charge in [0.1, 0.15) is 11.3 Å². The number of carbonyl (C=O) groups excluding carboxylic acids is 1. The SMILES string of the molecule is COc1cccc2sc(NC(=O)c3nccnc3N)nc12. The molecule has 3 rings (SSSR count). The molecule has 0 saturated carbocycles. The quantitative estimate of drug-likeness (QED) is 0.766. The maximum Gasteiger partial charge on any atom is 0.279 e. The molecular formula is C13H11N5O2S. The van der Waals surface area contributed by atoms with Crippen LogP contribution < -0.4 is 15.8 Å². The topological polar surface area (TPSA) is 103 Å². The maximum atomic E-state index is 12.1. The summed E-state index contributed by atoms with van der Waals surface area (Å²) in [4.78, 5) is 24.2. The van der Waals surface area contributed by atoms with Crippen molar-refractivity contribution in [2.45, 2.75) is 0 Å². The first-order valence-corrected chi connectivity index (χ1v) is 6.82. The number of aromatic nitrogens is 3. The molecule has 0 atom stereocenters. The fourth-order valence-corrected chi connectivity index (χ4v) is 2.70. The largest absolute Gasteiger partial charge is 0.494 e. The minimum absolute atomic E-state index is 0.0729. The van der Waals surface area contributed by atoms with Gasteiger partial charge in [0, 0.05) is 12.4 Å². The average molecular weight is 301 g/mol. The molecule has 0 aliphatic rings. The van der Waals surface area contributed by atoms with Crippen LogP contribution in [0.15, 0.2) is 30.6 Å². The van der Waals surface area contributed by atoms with Crippen LogP contribution >= 0.6 is 11.3 Å². The van der Waals surface area contributed by atoms with Crippen molar-refractivity contribution in [3.05, 3.63) is 36.3 Å². The Hall–Kier alpha value is -2.74. The molecule has 0 saturated heterocycles. The van der Waals surface area contributed by atoms with Crippen LogP contribution in [0.3, 0.4) is 0 Å². The van der Waals surface area contributed by atoms with Crippen LogP contribution in [0.2, 0.25) is 0 Å². The van der Waals surface area contributed by atoms with Crippen molar-refractivity contribution >= 4 is 38.4 Å². The number of nitrogens with zero attached hydrogens (tertiary/aromatic N) is 3. The zero-order valence-electron chi connectivity index (χ0n) is 11.0. The third-order valence-electron chi connectivity index (χ3n) is 2.76. The highest BCUT2D eigenvalue weighted by Gasteiger charge is 2.15. The molecule has 8 heteroatoms. The van der Waals surface area contributed by atoms with Gasteiger partial charge >= 0.3 is 0 Å². The first-order valence-electron chi connectivity index (χ1n) is 6.00. The van der Waals surface area contributed by atoms with E-state index in [0.717, 1.165) is 4.70 Å². The number of nitrogen functional groups attached to an aromatic ring is 1. The van der Waals surface area contributed by atoms with Crippen LogP contribution in [-0.2, 0) is 0 Å². The van der Waals surface area contributed by atoms with E-state index in [1.54, 1.807) is 7.11 Å². The Morgan fingerprint density at radius 3 is 2.90 bits per heavy atom. The number of ether oxygens (including phenoxy) is 1. The molecule has 1 amide bonds. The summed E-state index contributed by atoms with van der Waals surface area (Å²) in [6, 6.07) is 5.59. The lowest BCUT2D eigenvalue weighted by Crippen LogP contribution is -2.16. The van der Waals surface area contributed by atoms with E-state index >= 15 is 0 Å². The zero-order valence-corrected chi connectivity index (χ0v) is 11.8. The van der Waals surface area contributed by atoms with Crippen LogP contribution in [0, 0.1) is 0 Å². The van der Waals surface area contributed by atoms with Gasteiger partial charge in [-0.15, -0.1) is 0 Å². The molecule has 21 heavy (non-hydrogen) atoms. The van der Waals surface area contributed by atoms with Crippen LogP contribution in [0.25, 0.3) is 10.2 Å². The Labute approximate surface area is 123 Å². The van der Waals surface area contributed by atoms with Crippen molar-refractivity contribution in [1.82, 2.24) is 15.0 Å². The highest BCUT2D eigenvalue weighted by Crippen LogP contribution is 2.32. The van der Waals surface area contributed by atoms with Crippen LogP contribution in [0.4, 0.5) is 10.9 Å². The molecule has 2 heterocycles. The molecular weight excluding hydrogens is 290 g/mol. The van der Waals surface area contributed by atoms with Crippen molar-refractivity contribution in [3.63, 3.8) is 0 Å². The Morgan fingerprint density at radius 2 is 2.14 bits per heavy atom. The molecule has 2 aromatic heterocycles. The second-order valence-electron chi connectivity index (χ2n) is 4.07. The number of nitrogens with two attached hydrogens (primary N) is 1. The van der Waals surface area contributed by atoms with E-state index in [9.17, 15) is 4.79 Å². The first kappa shape index (κ1) is 13.3. The van der Waals surface area contributed by atoms with Crippen molar-refractivity contribution in [2.75, 3.05) is 18.2 Å². The van der Waals surface area contributed by atoms with Gasteiger partial charge in [0.2, 0.25) is 0 Å². The van der Waals surface area contributed by atoms with Gasteiger partial charge in [-0.1, -0.05) is 17.4 Å². The number of carbonyl (C=O) groups is 1. The van der Waals surface area contributed by atoms with Crippen LogP contribution in [0.1, 0.15) is 10.5 Å². The highest BCUT2D eigenvalue weighted by molar-refractivity contribution is 7.22. The number of anilines is 2. The van der Waals surface area contributed by atoms with Crippen LogP contribution in [-0.4, -0.2) is 28.0 Å². The molecule has 7 nitrogen and oxygen atoms in total. The number of amides is 1. The molecule has 0 bridgehead atoms. The predicted octanol–water partition coefficient (Wildman–Crippen LogP) is 1.93. The molecule has 0 fully saturated rings. The summed E-state index contributed by atoms with van der Waals surface area (Å²) in [5, 5.41) is 3.12. The molecule has 0 radical (unpaired) electrons. The number of hydrogen-bond donors (Lipinski definition) is 2. The van der Waals surface area contributed by atoms with Gasteiger partial charge in [0.25, 0.3) is 5.91 Å². The van der Waals surface area contributed by atoms with Gasteiger partial charge in [0.15, 0.2) is 16.6 Å². The van der Waals surface area contributed by atoms with Crippen molar-refractivity contribution in [2.24, 2.45) is 0 Å². The van der Waals surface area contributed by atoms with E-state index in [1.165, 1.54) is 23.7 Å². The van der Waals surface area contributed by atoms with E-state index in [0.29, 0.717) is 16.4 Å². The third kappa shape index (κ3) is 2.48. The lowest BCUT2D eigenvalue weighted by Gasteiger charge is -2.02. The summed E-state index contributed by atoms with van der Waals surface area (Å²) >= 11 is 1.34. The normalized spacial score (nSPS) is 10.5. The lowest BCUT2D eigenvalue weighted by atomic mass is 10.3. The molecule has 0 unspecified atom stereocenters. The minimum Gasteiger partial charge on any atom is -0.494 e. The second-order valence-corrected chi connectivity index (χ2v) is 5.10. The van der Waals surface area contributed by atoms with Gasteiger partial charge in [0.05, 0.1) is 11.8 Å². The van der Waals surface area contributed by atoms with Gasteiger partial charge in [-0.25, -0.2) is 15.0 Å². The van der Waals surface area contributed by atoms with E-state index in [4.69, 9.17) is 10.5 Å². The number of thiazole rings is 1. The summed E-state index contributed by atoms with van der Waals surface area (Å²) in [5.41, 5.74) is 6.40. The van der Waals surface area contributed by atoms with Crippen molar-refractivity contribution in [1.29, 1.82) is 0 Å². The lowest BCUT2D eigenvalue weighted by molar-refractivity contribution is 0.102. The number of nitrogens with one attached hydrogen (secondary N) is 1. The zero-order chi connectivity index (χ0) is 14.8. The Balaban J connectivity index is 1.92. The van der Waals surface area contributed by atoms with E-state index < -0.39 is 5.91 Å². The second kappa shape index (κ2) is 5.33. The highest BCUT2D eigenvalue weighted by atomic mass is 32.1. The number of hydrogen-bond acceptors (Lipinski definition) is 7. The maximum absolute atomic E-state index is 12.1. The number of methoxy groups -OCH3 is 1. The molecule has 3 N–H and O–H groups in total. The standard InChI is InChI=1S/C13H11N5O2S/c1-20-7-3-2-4-8-9(7)17-13(21-8)18-12(19)10-11(14)16-6-5-15-10/h2-6H,1H3,(H2,14,16)(H,17,18,19). The number of fused-ring (bicyclic) bond motifs is 1. The average Bonchev–Trinajstić information content (AvgIpc) is 2.89. The third-order valence-corrected chi connectivity index (χ3v) is 3.70. The Bertz CT molecular complexity index is 817. The number of para-hydroxylation sites is 1. The summed E-state index contributed by atoms with van der Waals surface area (Å²) in [5.74, 6) is 0.288. The molecule has 0 aliphatic heterocycles. The fraction of sp³-hybridized carbons (Fsp3) is 0.0769. The number of benzene rings is 1. The van der Waals surface area contributed by atoms with Crippen molar-refractivity contribution in [3.8, 4) is 5.75 Å². The summed E-state index contributed by atoms with van der Waals surface area (Å²) in [6.07, 6.45) is 2.83. The predicted molar refractivity (Wildman–Crippen MR) is 80.6 cm³/mol. The minimum atomic E-state index is -0.446. The van der Waals surface area contributed by atoms with Crippen LogP contribution in [0.5, 0.6) is 5.75 Å². The van der Waals surface area contributed by atoms with E-state index in [-0.39, 0.29) is 11.5 Å². The first-order chi connectivity index (χ1) is 10.2.